The van der Waals surface area contributed by atoms with Crippen molar-refractivity contribution in [3.05, 3.63) is 48.0 Å². The first-order valence-electron chi connectivity index (χ1n) is 8.87. The van der Waals surface area contributed by atoms with Gasteiger partial charge in [0.25, 0.3) is 0 Å². The number of amidine groups is 1. The van der Waals surface area contributed by atoms with E-state index in [1.165, 1.54) is 7.11 Å². The van der Waals surface area contributed by atoms with Crippen LogP contribution in [0.2, 0.25) is 0 Å². The summed E-state index contributed by atoms with van der Waals surface area (Å²) >= 11 is 0. The van der Waals surface area contributed by atoms with E-state index in [4.69, 9.17) is 20.6 Å². The van der Waals surface area contributed by atoms with Crippen molar-refractivity contribution < 1.29 is 19.0 Å². The fourth-order valence-corrected chi connectivity index (χ4v) is 2.64. The maximum atomic E-state index is 11.1. The highest BCUT2D eigenvalue weighted by Gasteiger charge is 2.08. The third-order valence-corrected chi connectivity index (χ3v) is 4.20. The number of rotatable bonds is 10. The summed E-state index contributed by atoms with van der Waals surface area (Å²) in [6.07, 6.45) is 2.99. The first-order chi connectivity index (χ1) is 13.0. The Hall–Kier alpha value is -2.73. The Balaban J connectivity index is 0.00000392. The minimum Gasteiger partial charge on any atom is -0.493 e. The molecule has 0 aromatic heterocycles. The van der Waals surface area contributed by atoms with Gasteiger partial charge in [-0.15, -0.1) is 12.4 Å². The van der Waals surface area contributed by atoms with Gasteiger partial charge in [0.15, 0.2) is 11.5 Å². The molecule has 2 aromatic rings. The number of nitrogens with one attached hydrogen (secondary N) is 1. The van der Waals surface area contributed by atoms with Gasteiger partial charge in [-0.3, -0.25) is 10.2 Å². The number of nitrogen functional groups attached to an aromatic ring is 1. The minimum absolute atomic E-state index is 0. The van der Waals surface area contributed by atoms with Gasteiger partial charge in [0, 0.05) is 12.0 Å². The quantitative estimate of drug-likeness (QED) is 0.267. The van der Waals surface area contributed by atoms with Gasteiger partial charge >= 0.3 is 5.97 Å². The zero-order valence-electron chi connectivity index (χ0n) is 16.2. The Morgan fingerprint density at radius 1 is 0.964 bits per heavy atom. The van der Waals surface area contributed by atoms with Crippen molar-refractivity contribution in [2.24, 2.45) is 5.73 Å². The standard InChI is InChI=1S/C21H26N2O4.ClH/c1-25-19-14-17(15-7-9-16(10-8-15)21(22)23)11-12-18(19)27-13-5-3-4-6-20(24)26-2;/h7-12,14H,3-6,13H2,1-2H3,(H3,22,23);1H. The van der Waals surface area contributed by atoms with Gasteiger partial charge in [0.05, 0.1) is 20.8 Å². The predicted octanol–water partition coefficient (Wildman–Crippen LogP) is 4.18. The number of esters is 1. The van der Waals surface area contributed by atoms with Crippen molar-refractivity contribution in [3.63, 3.8) is 0 Å². The van der Waals surface area contributed by atoms with E-state index in [2.05, 4.69) is 4.74 Å². The van der Waals surface area contributed by atoms with Crippen LogP contribution in [-0.4, -0.2) is 32.6 Å². The van der Waals surface area contributed by atoms with Crippen LogP contribution in [0.25, 0.3) is 11.1 Å². The van der Waals surface area contributed by atoms with Crippen molar-refractivity contribution in [2.75, 3.05) is 20.8 Å². The maximum Gasteiger partial charge on any atom is 0.305 e. The van der Waals surface area contributed by atoms with Crippen LogP contribution < -0.4 is 15.2 Å². The number of hydrogen-bond donors (Lipinski definition) is 2. The average Bonchev–Trinajstić information content (AvgIpc) is 2.70. The van der Waals surface area contributed by atoms with Gasteiger partial charge in [0.2, 0.25) is 0 Å². The second-order valence-corrected chi connectivity index (χ2v) is 6.09. The van der Waals surface area contributed by atoms with Crippen molar-refractivity contribution in [3.8, 4) is 22.6 Å². The van der Waals surface area contributed by atoms with Gasteiger partial charge in [-0.25, -0.2) is 0 Å². The number of halogens is 1. The molecule has 0 aliphatic carbocycles. The van der Waals surface area contributed by atoms with E-state index >= 15 is 0 Å². The Bertz CT molecular complexity index is 778. The molecular formula is C21H27ClN2O4. The first kappa shape index (κ1) is 23.3. The molecule has 0 amide bonds. The summed E-state index contributed by atoms with van der Waals surface area (Å²) in [5, 5.41) is 7.46. The molecule has 0 atom stereocenters. The molecule has 0 saturated carbocycles. The summed E-state index contributed by atoms with van der Waals surface area (Å²) in [7, 11) is 3.01. The topological polar surface area (TPSA) is 94.6 Å². The minimum atomic E-state index is -0.176. The van der Waals surface area contributed by atoms with Crippen LogP contribution in [0.15, 0.2) is 42.5 Å². The highest BCUT2D eigenvalue weighted by Crippen LogP contribution is 2.32. The third-order valence-electron chi connectivity index (χ3n) is 4.20. The first-order valence-corrected chi connectivity index (χ1v) is 8.87. The lowest BCUT2D eigenvalue weighted by atomic mass is 10.0. The number of unbranched alkanes of at least 4 members (excludes halogenated alkanes) is 2. The van der Waals surface area contributed by atoms with E-state index in [0.717, 1.165) is 30.4 Å². The summed E-state index contributed by atoms with van der Waals surface area (Å²) in [6.45, 7) is 0.560. The molecule has 0 fully saturated rings. The molecule has 0 heterocycles. The number of ether oxygens (including phenoxy) is 3. The molecule has 0 aliphatic rings. The van der Waals surface area contributed by atoms with Crippen LogP contribution >= 0.6 is 12.4 Å². The lowest BCUT2D eigenvalue weighted by Gasteiger charge is -2.12. The van der Waals surface area contributed by atoms with Crippen molar-refractivity contribution >= 4 is 24.2 Å². The van der Waals surface area contributed by atoms with Crippen molar-refractivity contribution in [1.82, 2.24) is 0 Å². The highest BCUT2D eigenvalue weighted by molar-refractivity contribution is 5.95. The molecular weight excluding hydrogens is 380 g/mol. The van der Waals surface area contributed by atoms with Crippen LogP contribution in [0, 0.1) is 5.41 Å². The number of methoxy groups -OCH3 is 2. The third kappa shape index (κ3) is 6.78. The largest absolute Gasteiger partial charge is 0.493 e. The van der Waals surface area contributed by atoms with Crippen molar-refractivity contribution in [1.29, 1.82) is 5.41 Å². The van der Waals surface area contributed by atoms with E-state index in [1.54, 1.807) is 7.11 Å². The van der Waals surface area contributed by atoms with Crippen molar-refractivity contribution in [2.45, 2.75) is 25.7 Å². The molecule has 0 spiro atoms. The van der Waals surface area contributed by atoms with Gasteiger partial charge in [-0.05, 0) is 42.5 Å². The number of carbonyl (C=O) groups excluding carboxylic acids is 1. The monoisotopic (exact) mass is 406 g/mol. The van der Waals surface area contributed by atoms with E-state index in [-0.39, 0.29) is 24.2 Å². The van der Waals surface area contributed by atoms with Crippen LogP contribution in [0.4, 0.5) is 0 Å². The predicted molar refractivity (Wildman–Crippen MR) is 113 cm³/mol. The van der Waals surface area contributed by atoms with Crippen LogP contribution in [0.1, 0.15) is 31.2 Å². The Morgan fingerprint density at radius 3 is 2.25 bits per heavy atom. The molecule has 28 heavy (non-hydrogen) atoms. The van der Waals surface area contributed by atoms with Gasteiger partial charge in [-0.1, -0.05) is 30.3 Å². The lowest BCUT2D eigenvalue weighted by Crippen LogP contribution is -2.10. The van der Waals surface area contributed by atoms with Crippen LogP contribution in [-0.2, 0) is 9.53 Å². The van der Waals surface area contributed by atoms with Crippen LogP contribution in [0.3, 0.4) is 0 Å². The Labute approximate surface area is 171 Å². The second-order valence-electron chi connectivity index (χ2n) is 6.09. The summed E-state index contributed by atoms with van der Waals surface area (Å²) in [5.41, 5.74) is 8.18. The normalized spacial score (nSPS) is 9.93. The summed E-state index contributed by atoms with van der Waals surface area (Å²) < 4.78 is 15.9. The van der Waals surface area contributed by atoms with Gasteiger partial charge < -0.3 is 19.9 Å². The second kappa shape index (κ2) is 11.9. The molecule has 6 nitrogen and oxygen atoms in total. The molecule has 152 valence electrons. The fraction of sp³-hybridized carbons (Fsp3) is 0.333. The van der Waals surface area contributed by atoms with Gasteiger partial charge in [-0.2, -0.15) is 0 Å². The number of hydrogen-bond acceptors (Lipinski definition) is 5. The number of benzene rings is 2. The molecule has 2 rings (SSSR count). The summed E-state index contributed by atoms with van der Waals surface area (Å²) in [4.78, 5) is 11.1. The summed E-state index contributed by atoms with van der Waals surface area (Å²) in [5.74, 6) is 1.23. The van der Waals surface area contributed by atoms with Gasteiger partial charge in [0.1, 0.15) is 5.84 Å². The maximum absolute atomic E-state index is 11.1. The molecule has 0 aliphatic heterocycles. The highest BCUT2D eigenvalue weighted by atomic mass is 35.5. The Morgan fingerprint density at radius 2 is 1.64 bits per heavy atom. The van der Waals surface area contributed by atoms with E-state index in [9.17, 15) is 4.79 Å². The Kier molecular flexibility index (Phi) is 9.88. The molecule has 0 radical (unpaired) electrons. The zero-order valence-corrected chi connectivity index (χ0v) is 17.0. The molecule has 2 aromatic carbocycles. The van der Waals surface area contributed by atoms with Crippen LogP contribution in [0.5, 0.6) is 11.5 Å². The smallest absolute Gasteiger partial charge is 0.305 e. The molecule has 0 unspecified atom stereocenters. The molecule has 0 saturated heterocycles. The average molecular weight is 407 g/mol. The SMILES string of the molecule is COC(=O)CCCCCOc1ccc(-c2ccc(C(=N)N)cc2)cc1OC.Cl. The lowest BCUT2D eigenvalue weighted by molar-refractivity contribution is -0.140. The van der Waals surface area contributed by atoms with E-state index in [0.29, 0.717) is 30.1 Å². The van der Waals surface area contributed by atoms with E-state index < -0.39 is 0 Å². The zero-order chi connectivity index (χ0) is 19.6. The number of carbonyl (C=O) groups is 1. The molecule has 0 bridgehead atoms. The molecule has 7 heteroatoms. The number of nitrogens with two attached hydrogens (primary N) is 1. The summed E-state index contributed by atoms with van der Waals surface area (Å²) in [6, 6.07) is 13.3. The van der Waals surface area contributed by atoms with E-state index in [1.807, 2.05) is 42.5 Å². The molecule has 3 N–H and O–H groups in total. The fourth-order valence-electron chi connectivity index (χ4n) is 2.64.